The number of anilines is 1. The Bertz CT molecular complexity index is 1040. The molecule has 0 bridgehead atoms. The van der Waals surface area contributed by atoms with E-state index in [0.29, 0.717) is 10.9 Å². The van der Waals surface area contributed by atoms with Crippen molar-refractivity contribution < 1.29 is 9.53 Å². The molecule has 1 aromatic heterocycles. The third kappa shape index (κ3) is 4.62. The molecular weight excluding hydrogens is 404 g/mol. The molecule has 0 fully saturated rings. The number of carbonyl (C=O) groups is 1. The first kappa shape index (κ1) is 19.9. The van der Waals surface area contributed by atoms with Gasteiger partial charge in [0.25, 0.3) is 5.91 Å². The van der Waals surface area contributed by atoms with Crippen molar-refractivity contribution >= 4 is 34.0 Å². The standard InChI is InChI=1S/C23H23ClN2O2S/c1-14-9-19(10-15(2)22(14)24)28-12-21(27)26-23-25-20(13-29-23)18-8-7-16-5-3-4-6-17(16)11-18/h7-11,13H,3-6,12H2,1-2H3,(H,25,26,27). The molecule has 1 amide bonds. The molecule has 1 aliphatic carbocycles. The van der Waals surface area contributed by atoms with Crippen molar-refractivity contribution in [3.05, 3.63) is 63.0 Å². The number of fused-ring (bicyclic) bond motifs is 1. The lowest BCUT2D eigenvalue weighted by Crippen LogP contribution is -2.20. The summed E-state index contributed by atoms with van der Waals surface area (Å²) in [6, 6.07) is 10.2. The van der Waals surface area contributed by atoms with Gasteiger partial charge in [-0.1, -0.05) is 23.7 Å². The molecule has 0 unspecified atom stereocenters. The van der Waals surface area contributed by atoms with Crippen molar-refractivity contribution in [2.24, 2.45) is 0 Å². The van der Waals surface area contributed by atoms with Crippen molar-refractivity contribution in [2.45, 2.75) is 39.5 Å². The highest BCUT2D eigenvalue weighted by Crippen LogP contribution is 2.30. The van der Waals surface area contributed by atoms with Crippen LogP contribution in [0.25, 0.3) is 11.3 Å². The summed E-state index contributed by atoms with van der Waals surface area (Å²) in [5.74, 6) is 0.398. The number of amides is 1. The predicted molar refractivity (Wildman–Crippen MR) is 119 cm³/mol. The molecule has 0 saturated carbocycles. The summed E-state index contributed by atoms with van der Waals surface area (Å²) in [6.45, 7) is 3.76. The van der Waals surface area contributed by atoms with E-state index in [0.717, 1.165) is 33.8 Å². The van der Waals surface area contributed by atoms with Crippen molar-refractivity contribution in [3.8, 4) is 17.0 Å². The van der Waals surface area contributed by atoms with Crippen LogP contribution >= 0.6 is 22.9 Å². The third-order valence-electron chi connectivity index (χ3n) is 5.17. The van der Waals surface area contributed by atoms with Crippen LogP contribution in [0.2, 0.25) is 5.02 Å². The number of rotatable bonds is 5. The number of aryl methyl sites for hydroxylation is 4. The first-order valence-electron chi connectivity index (χ1n) is 9.77. The Morgan fingerprint density at radius 2 is 1.86 bits per heavy atom. The van der Waals surface area contributed by atoms with Gasteiger partial charge in [-0.05, 0) is 80.0 Å². The van der Waals surface area contributed by atoms with Crippen molar-refractivity contribution in [1.29, 1.82) is 0 Å². The van der Waals surface area contributed by atoms with Crippen LogP contribution in [-0.4, -0.2) is 17.5 Å². The quantitative estimate of drug-likeness (QED) is 0.546. The molecule has 0 radical (unpaired) electrons. The van der Waals surface area contributed by atoms with Crippen LogP contribution in [0.15, 0.2) is 35.7 Å². The van der Waals surface area contributed by atoms with Crippen LogP contribution in [0.1, 0.15) is 35.1 Å². The van der Waals surface area contributed by atoms with Crippen LogP contribution in [0, 0.1) is 13.8 Å². The molecule has 0 aliphatic heterocycles. The number of hydrogen-bond donors (Lipinski definition) is 1. The Kier molecular flexibility index (Phi) is 5.88. The molecule has 150 valence electrons. The Balaban J connectivity index is 1.38. The zero-order chi connectivity index (χ0) is 20.4. The SMILES string of the molecule is Cc1cc(OCC(=O)Nc2nc(-c3ccc4c(c3)CCCC4)cs2)cc(C)c1Cl. The molecule has 1 N–H and O–H groups in total. The van der Waals surface area contributed by atoms with Crippen molar-refractivity contribution in [1.82, 2.24) is 4.98 Å². The predicted octanol–water partition coefficient (Wildman–Crippen LogP) is 5.98. The van der Waals surface area contributed by atoms with Gasteiger partial charge in [-0.3, -0.25) is 10.1 Å². The summed E-state index contributed by atoms with van der Waals surface area (Å²) >= 11 is 7.59. The van der Waals surface area contributed by atoms with E-state index in [-0.39, 0.29) is 12.5 Å². The van der Waals surface area contributed by atoms with E-state index in [1.165, 1.54) is 41.7 Å². The number of benzene rings is 2. The van der Waals surface area contributed by atoms with Crippen LogP contribution in [0.3, 0.4) is 0 Å². The zero-order valence-corrected chi connectivity index (χ0v) is 18.1. The van der Waals surface area contributed by atoms with E-state index >= 15 is 0 Å². The molecule has 1 heterocycles. The molecule has 1 aliphatic rings. The molecular formula is C23H23ClN2O2S. The lowest BCUT2D eigenvalue weighted by molar-refractivity contribution is -0.118. The second-order valence-corrected chi connectivity index (χ2v) is 8.67. The average Bonchev–Trinajstić information content (AvgIpc) is 3.18. The van der Waals surface area contributed by atoms with Gasteiger partial charge < -0.3 is 4.74 Å². The minimum absolute atomic E-state index is 0.0751. The highest BCUT2D eigenvalue weighted by Gasteiger charge is 2.13. The fourth-order valence-corrected chi connectivity index (χ4v) is 4.50. The van der Waals surface area contributed by atoms with Gasteiger partial charge in [0.05, 0.1) is 5.69 Å². The minimum atomic E-state index is -0.235. The van der Waals surface area contributed by atoms with E-state index in [1.54, 1.807) is 0 Å². The molecule has 0 saturated heterocycles. The van der Waals surface area contributed by atoms with Gasteiger partial charge in [0.15, 0.2) is 11.7 Å². The second kappa shape index (κ2) is 8.56. The van der Waals surface area contributed by atoms with E-state index in [9.17, 15) is 4.79 Å². The molecule has 6 heteroatoms. The van der Waals surface area contributed by atoms with Crippen LogP contribution < -0.4 is 10.1 Å². The zero-order valence-electron chi connectivity index (χ0n) is 16.5. The number of aromatic nitrogens is 1. The van der Waals surface area contributed by atoms with Gasteiger partial charge in [0.1, 0.15) is 5.75 Å². The number of halogens is 1. The van der Waals surface area contributed by atoms with Gasteiger partial charge in [-0.2, -0.15) is 0 Å². The summed E-state index contributed by atoms with van der Waals surface area (Å²) in [7, 11) is 0. The number of nitrogens with zero attached hydrogens (tertiary/aromatic N) is 1. The molecule has 29 heavy (non-hydrogen) atoms. The van der Waals surface area contributed by atoms with Gasteiger partial charge in [-0.25, -0.2) is 4.98 Å². The summed E-state index contributed by atoms with van der Waals surface area (Å²) in [5.41, 5.74) is 6.73. The monoisotopic (exact) mass is 426 g/mol. The van der Waals surface area contributed by atoms with Gasteiger partial charge in [0.2, 0.25) is 0 Å². The first-order chi connectivity index (χ1) is 14.0. The maximum atomic E-state index is 12.3. The fourth-order valence-electron chi connectivity index (χ4n) is 3.65. The molecule has 0 atom stereocenters. The molecule has 4 nitrogen and oxygen atoms in total. The van der Waals surface area contributed by atoms with Crippen LogP contribution in [0.5, 0.6) is 5.75 Å². The topological polar surface area (TPSA) is 51.2 Å². The first-order valence-corrected chi connectivity index (χ1v) is 11.0. The molecule has 0 spiro atoms. The lowest BCUT2D eigenvalue weighted by atomic mass is 9.90. The summed E-state index contributed by atoms with van der Waals surface area (Å²) in [4.78, 5) is 16.8. The minimum Gasteiger partial charge on any atom is -0.484 e. The Hall–Kier alpha value is -2.37. The van der Waals surface area contributed by atoms with E-state index in [1.807, 2.05) is 31.4 Å². The lowest BCUT2D eigenvalue weighted by Gasteiger charge is -2.16. The second-order valence-electron chi connectivity index (χ2n) is 7.44. The summed E-state index contributed by atoms with van der Waals surface area (Å²) < 4.78 is 5.62. The van der Waals surface area contributed by atoms with Crippen molar-refractivity contribution in [3.63, 3.8) is 0 Å². The van der Waals surface area contributed by atoms with Gasteiger partial charge >= 0.3 is 0 Å². The van der Waals surface area contributed by atoms with Gasteiger partial charge in [0, 0.05) is 16.0 Å². The number of ether oxygens (including phenoxy) is 1. The largest absolute Gasteiger partial charge is 0.484 e. The van der Waals surface area contributed by atoms with Gasteiger partial charge in [-0.15, -0.1) is 11.3 Å². The highest BCUT2D eigenvalue weighted by atomic mass is 35.5. The highest BCUT2D eigenvalue weighted by molar-refractivity contribution is 7.14. The molecule has 3 aromatic rings. The number of thiazole rings is 1. The third-order valence-corrected chi connectivity index (χ3v) is 6.53. The summed E-state index contributed by atoms with van der Waals surface area (Å²) in [5, 5.41) is 6.10. The fraction of sp³-hybridized carbons (Fsp3) is 0.304. The molecule has 2 aromatic carbocycles. The molecule has 4 rings (SSSR count). The maximum Gasteiger partial charge on any atom is 0.264 e. The number of carbonyl (C=O) groups excluding carboxylic acids is 1. The normalized spacial score (nSPS) is 13.1. The smallest absolute Gasteiger partial charge is 0.264 e. The summed E-state index contributed by atoms with van der Waals surface area (Å²) in [6.07, 6.45) is 4.83. The maximum absolute atomic E-state index is 12.3. The Morgan fingerprint density at radius 1 is 1.14 bits per heavy atom. The van der Waals surface area contributed by atoms with E-state index in [4.69, 9.17) is 16.3 Å². The Morgan fingerprint density at radius 3 is 2.62 bits per heavy atom. The van der Waals surface area contributed by atoms with Crippen LogP contribution in [0.4, 0.5) is 5.13 Å². The van der Waals surface area contributed by atoms with E-state index in [2.05, 4.69) is 28.5 Å². The van der Waals surface area contributed by atoms with Crippen molar-refractivity contribution in [2.75, 3.05) is 11.9 Å². The number of hydrogen-bond acceptors (Lipinski definition) is 4. The average molecular weight is 427 g/mol. The number of nitrogens with one attached hydrogen (secondary N) is 1. The van der Waals surface area contributed by atoms with E-state index < -0.39 is 0 Å². The van der Waals surface area contributed by atoms with Crippen LogP contribution in [-0.2, 0) is 17.6 Å². The Labute approximate surface area is 179 Å².